The Bertz CT molecular complexity index is 781. The number of esters is 1. The topological polar surface area (TPSA) is 44.8 Å². The van der Waals surface area contributed by atoms with E-state index in [1.807, 2.05) is 30.5 Å². The molecule has 0 aliphatic rings. The van der Waals surface area contributed by atoms with E-state index in [0.29, 0.717) is 12.2 Å². The summed E-state index contributed by atoms with van der Waals surface area (Å²) in [4.78, 5) is 12.9. The third-order valence-corrected chi connectivity index (χ3v) is 4.50. The van der Waals surface area contributed by atoms with E-state index in [-0.39, 0.29) is 5.97 Å². The Morgan fingerprint density at radius 1 is 1.12 bits per heavy atom. The largest absolute Gasteiger partial charge is 0.495 e. The monoisotopic (exact) mass is 346 g/mol. The van der Waals surface area contributed by atoms with E-state index in [1.54, 1.807) is 45.9 Å². The molecule has 0 aromatic heterocycles. The van der Waals surface area contributed by atoms with E-state index in [2.05, 4.69) is 0 Å². The molecule has 0 bridgehead atoms. The van der Waals surface area contributed by atoms with Crippen LogP contribution in [0.15, 0.2) is 34.7 Å². The molecule has 24 heavy (non-hydrogen) atoms. The third-order valence-electron chi connectivity index (χ3n) is 3.68. The highest BCUT2D eigenvalue weighted by molar-refractivity contribution is 7.98. The first-order chi connectivity index (χ1) is 11.6. The first kappa shape index (κ1) is 18.2. The van der Waals surface area contributed by atoms with Crippen LogP contribution in [-0.2, 0) is 9.53 Å². The lowest BCUT2D eigenvalue weighted by Gasteiger charge is -2.18. The molecule has 0 radical (unpaired) electrons. The van der Waals surface area contributed by atoms with Crippen LogP contribution < -0.4 is 9.47 Å². The van der Waals surface area contributed by atoms with Crippen molar-refractivity contribution in [2.45, 2.75) is 18.7 Å². The molecule has 5 heteroatoms. The minimum absolute atomic E-state index is 0.335. The van der Waals surface area contributed by atoms with Crippen LogP contribution in [0.4, 0.5) is 0 Å². The van der Waals surface area contributed by atoms with Gasteiger partial charge in [0.2, 0.25) is 0 Å². The number of carbonyl (C=O) groups is 1. The molecule has 128 valence electrons. The zero-order chi connectivity index (χ0) is 17.7. The van der Waals surface area contributed by atoms with E-state index in [1.165, 1.54) is 0 Å². The molecule has 0 spiro atoms. The van der Waals surface area contributed by atoms with Gasteiger partial charge < -0.3 is 14.2 Å². The predicted molar refractivity (Wildman–Crippen MR) is 99.1 cm³/mol. The molecule has 0 saturated carbocycles. The van der Waals surface area contributed by atoms with E-state index < -0.39 is 0 Å². The summed E-state index contributed by atoms with van der Waals surface area (Å²) < 4.78 is 16.4. The quantitative estimate of drug-likeness (QED) is 0.436. The zero-order valence-electron chi connectivity index (χ0n) is 14.6. The second kappa shape index (κ2) is 8.11. The molecule has 0 amide bonds. The fraction of sp³-hybridized carbons (Fsp3) is 0.316. The summed E-state index contributed by atoms with van der Waals surface area (Å²) in [7, 11) is 3.29. The van der Waals surface area contributed by atoms with Crippen LogP contribution in [0, 0.1) is 0 Å². The Morgan fingerprint density at radius 3 is 2.21 bits per heavy atom. The van der Waals surface area contributed by atoms with Gasteiger partial charge in [-0.1, -0.05) is 24.3 Å². The third kappa shape index (κ3) is 3.36. The molecule has 0 atom stereocenters. The maximum atomic E-state index is 12.0. The second-order valence-electron chi connectivity index (χ2n) is 5.11. The highest BCUT2D eigenvalue weighted by Gasteiger charge is 2.20. The Labute approximate surface area is 146 Å². The molecule has 0 N–H and O–H groups in total. The zero-order valence-corrected chi connectivity index (χ0v) is 15.5. The van der Waals surface area contributed by atoms with E-state index in [0.717, 1.165) is 32.7 Å². The number of ether oxygens (including phenoxy) is 3. The van der Waals surface area contributed by atoms with Crippen LogP contribution in [0.3, 0.4) is 0 Å². The van der Waals surface area contributed by atoms with Crippen molar-refractivity contribution in [1.82, 2.24) is 0 Å². The van der Waals surface area contributed by atoms with Crippen LogP contribution in [0.2, 0.25) is 0 Å². The molecule has 2 rings (SSSR count). The van der Waals surface area contributed by atoms with Gasteiger partial charge in [-0.15, -0.1) is 11.8 Å². The molecule has 0 aliphatic carbocycles. The van der Waals surface area contributed by atoms with E-state index in [4.69, 9.17) is 14.2 Å². The standard InChI is InChI=1S/C19H22O4S/c1-6-23-19(20)12(2)11-15-16(21-3)13-9-7-8-10-14(13)17(22-4)18(15)24-5/h7-11H,6H2,1-5H3/b12-11-. The van der Waals surface area contributed by atoms with Crippen molar-refractivity contribution in [3.05, 3.63) is 35.4 Å². The lowest BCUT2D eigenvalue weighted by molar-refractivity contribution is -0.138. The Balaban J connectivity index is 2.80. The lowest BCUT2D eigenvalue weighted by atomic mass is 10.0. The summed E-state index contributed by atoms with van der Waals surface area (Å²) in [6, 6.07) is 7.91. The van der Waals surface area contributed by atoms with Crippen LogP contribution in [-0.4, -0.2) is 33.1 Å². The first-order valence-corrected chi connectivity index (χ1v) is 8.87. The predicted octanol–water partition coefficient (Wildman–Crippen LogP) is 4.55. The molecule has 2 aromatic rings. The van der Waals surface area contributed by atoms with Crippen molar-refractivity contribution in [3.63, 3.8) is 0 Å². The van der Waals surface area contributed by atoms with Crippen molar-refractivity contribution in [3.8, 4) is 11.5 Å². The molecule has 4 nitrogen and oxygen atoms in total. The Morgan fingerprint density at radius 2 is 1.71 bits per heavy atom. The van der Waals surface area contributed by atoms with Crippen molar-refractivity contribution in [2.24, 2.45) is 0 Å². The van der Waals surface area contributed by atoms with Gasteiger partial charge in [0.15, 0.2) is 0 Å². The van der Waals surface area contributed by atoms with Gasteiger partial charge in [-0.25, -0.2) is 4.79 Å². The smallest absolute Gasteiger partial charge is 0.333 e. The van der Waals surface area contributed by atoms with Gasteiger partial charge in [-0.2, -0.15) is 0 Å². The summed E-state index contributed by atoms with van der Waals surface area (Å²) in [6.45, 7) is 3.87. The SMILES string of the molecule is CCOC(=O)/C(C)=C\c1c(SC)c(OC)c2ccccc2c1OC. The maximum Gasteiger partial charge on any atom is 0.333 e. The average Bonchev–Trinajstić information content (AvgIpc) is 2.60. The van der Waals surface area contributed by atoms with Crippen molar-refractivity contribution in [2.75, 3.05) is 27.1 Å². The summed E-state index contributed by atoms with van der Waals surface area (Å²) in [6.07, 6.45) is 3.78. The van der Waals surface area contributed by atoms with Crippen LogP contribution >= 0.6 is 11.8 Å². The normalized spacial score (nSPS) is 11.5. The van der Waals surface area contributed by atoms with Gasteiger partial charge in [0, 0.05) is 21.9 Å². The molecule has 0 heterocycles. The number of hydrogen-bond donors (Lipinski definition) is 0. The summed E-state index contributed by atoms with van der Waals surface area (Å²) >= 11 is 1.56. The van der Waals surface area contributed by atoms with E-state index >= 15 is 0 Å². The maximum absolute atomic E-state index is 12.0. The summed E-state index contributed by atoms with van der Waals surface area (Å²) in [5, 5.41) is 1.92. The highest BCUT2D eigenvalue weighted by Crippen LogP contribution is 2.45. The number of benzene rings is 2. The fourth-order valence-electron chi connectivity index (χ4n) is 2.65. The average molecular weight is 346 g/mol. The van der Waals surface area contributed by atoms with Gasteiger partial charge in [0.05, 0.1) is 25.7 Å². The molecule has 0 unspecified atom stereocenters. The molecule has 0 fully saturated rings. The number of carbonyl (C=O) groups excluding carboxylic acids is 1. The van der Waals surface area contributed by atoms with Crippen molar-refractivity contribution < 1.29 is 19.0 Å². The molecule has 0 aliphatic heterocycles. The molecule has 0 saturated heterocycles. The van der Waals surface area contributed by atoms with Gasteiger partial charge in [-0.05, 0) is 26.2 Å². The van der Waals surface area contributed by atoms with Gasteiger partial charge >= 0.3 is 5.97 Å². The number of thioether (sulfide) groups is 1. The Hall–Kier alpha value is -2.14. The van der Waals surface area contributed by atoms with Crippen LogP contribution in [0.1, 0.15) is 19.4 Å². The Kier molecular flexibility index (Phi) is 6.15. The van der Waals surface area contributed by atoms with Gasteiger partial charge in [-0.3, -0.25) is 0 Å². The van der Waals surface area contributed by atoms with Crippen LogP contribution in [0.5, 0.6) is 11.5 Å². The highest BCUT2D eigenvalue weighted by atomic mass is 32.2. The molecular weight excluding hydrogens is 324 g/mol. The summed E-state index contributed by atoms with van der Waals surface area (Å²) in [5.74, 6) is 1.17. The number of hydrogen-bond acceptors (Lipinski definition) is 5. The lowest BCUT2D eigenvalue weighted by Crippen LogP contribution is -2.05. The number of rotatable bonds is 6. The minimum atomic E-state index is -0.335. The van der Waals surface area contributed by atoms with Gasteiger partial charge in [0.1, 0.15) is 11.5 Å². The minimum Gasteiger partial charge on any atom is -0.495 e. The fourth-order valence-corrected chi connectivity index (χ4v) is 3.40. The molecule has 2 aromatic carbocycles. The molecular formula is C19H22O4S. The van der Waals surface area contributed by atoms with Crippen molar-refractivity contribution >= 4 is 34.6 Å². The van der Waals surface area contributed by atoms with Crippen LogP contribution in [0.25, 0.3) is 16.8 Å². The summed E-state index contributed by atoms with van der Waals surface area (Å²) in [5.41, 5.74) is 1.34. The first-order valence-electron chi connectivity index (χ1n) is 7.65. The van der Waals surface area contributed by atoms with E-state index in [9.17, 15) is 4.79 Å². The number of methoxy groups -OCH3 is 2. The van der Waals surface area contributed by atoms with Gasteiger partial charge in [0.25, 0.3) is 0 Å². The number of fused-ring (bicyclic) bond motifs is 1. The second-order valence-corrected chi connectivity index (χ2v) is 5.92. The van der Waals surface area contributed by atoms with Crippen molar-refractivity contribution in [1.29, 1.82) is 0 Å².